The molecule has 0 N–H and O–H groups in total. The van der Waals surface area contributed by atoms with Crippen LogP contribution in [0.2, 0.25) is 0 Å². The lowest BCUT2D eigenvalue weighted by Crippen LogP contribution is -2.40. The minimum absolute atomic E-state index is 0.0699. The molecule has 0 spiro atoms. The molecule has 2 rings (SSSR count). The molecule has 0 aromatic heterocycles. The second kappa shape index (κ2) is 12.1. The number of nitro groups is 1. The Labute approximate surface area is 204 Å². The molecule has 1 heterocycles. The number of carbonyl (C=O) groups excluding carboxylic acids is 1. The molecule has 0 saturated carbocycles. The molecular formula is C22H33N2O10P. The van der Waals surface area contributed by atoms with Gasteiger partial charge in [-0.05, 0) is 40.2 Å². The van der Waals surface area contributed by atoms with Crippen LogP contribution in [-0.4, -0.2) is 55.4 Å². The molecule has 0 radical (unpaired) electrons. The summed E-state index contributed by atoms with van der Waals surface area (Å²) in [4.78, 5) is 34.7. The van der Waals surface area contributed by atoms with Crippen molar-refractivity contribution < 1.29 is 42.5 Å². The van der Waals surface area contributed by atoms with Crippen LogP contribution in [0.1, 0.15) is 52.5 Å². The van der Waals surface area contributed by atoms with Crippen LogP contribution in [0.3, 0.4) is 0 Å². The Bertz CT molecular complexity index is 959. The van der Waals surface area contributed by atoms with Crippen molar-refractivity contribution in [3.05, 3.63) is 51.0 Å². The number of rotatable bonds is 11. The van der Waals surface area contributed by atoms with Gasteiger partial charge in [-0.3, -0.25) is 19.5 Å². The second-order valence-corrected chi connectivity index (χ2v) is 10.6. The predicted molar refractivity (Wildman–Crippen MR) is 125 cm³/mol. The number of hydrogen-bond acceptors (Lipinski definition) is 10. The summed E-state index contributed by atoms with van der Waals surface area (Å²) in [7, 11) is -1.69. The van der Waals surface area contributed by atoms with Gasteiger partial charge in [-0.1, -0.05) is 17.4 Å². The lowest BCUT2D eigenvalue weighted by Gasteiger charge is -2.38. The van der Waals surface area contributed by atoms with E-state index in [9.17, 15) is 19.5 Å². The van der Waals surface area contributed by atoms with Gasteiger partial charge in [-0.2, -0.15) is 0 Å². The van der Waals surface area contributed by atoms with Crippen LogP contribution in [0.4, 0.5) is 5.69 Å². The number of non-ortho nitro benzene ring substituents is 1. The van der Waals surface area contributed by atoms with E-state index in [4.69, 9.17) is 28.2 Å². The Kier molecular flexibility index (Phi) is 9.96. The van der Waals surface area contributed by atoms with Gasteiger partial charge in [0.1, 0.15) is 0 Å². The molecular weight excluding hydrogens is 483 g/mol. The van der Waals surface area contributed by atoms with Gasteiger partial charge in [-0.15, -0.1) is 0 Å². The third-order valence-electron chi connectivity index (χ3n) is 4.86. The van der Waals surface area contributed by atoms with Crippen molar-refractivity contribution in [1.29, 1.82) is 0 Å². The first kappa shape index (κ1) is 28.9. The normalized spacial score (nSPS) is 18.8. The minimum Gasteiger partial charge on any atom is -0.458 e. The molecule has 0 aliphatic carbocycles. The Morgan fingerprint density at radius 2 is 1.69 bits per heavy atom. The maximum Gasteiger partial charge on any atom is 0.361 e. The zero-order chi connectivity index (χ0) is 26.4. The summed E-state index contributed by atoms with van der Waals surface area (Å²) in [6.07, 6.45) is -0.814. The average molecular weight is 516 g/mol. The van der Waals surface area contributed by atoms with Gasteiger partial charge in [-0.25, -0.2) is 9.68 Å². The molecule has 196 valence electrons. The van der Waals surface area contributed by atoms with Gasteiger partial charge >= 0.3 is 13.5 Å². The van der Waals surface area contributed by atoms with E-state index in [1.807, 2.05) is 20.8 Å². The van der Waals surface area contributed by atoms with Crippen molar-refractivity contribution in [3.63, 3.8) is 0 Å². The summed E-state index contributed by atoms with van der Waals surface area (Å²) in [5.41, 5.74) is -0.247. The Balaban J connectivity index is 2.76. The van der Waals surface area contributed by atoms with Crippen LogP contribution in [-0.2, 0) is 37.6 Å². The van der Waals surface area contributed by atoms with E-state index in [-0.39, 0.29) is 36.4 Å². The lowest BCUT2D eigenvalue weighted by atomic mass is 9.92. The zero-order valence-electron chi connectivity index (χ0n) is 21.0. The summed E-state index contributed by atoms with van der Waals surface area (Å²) >= 11 is 0. The number of amides is 1. The summed E-state index contributed by atoms with van der Waals surface area (Å²) in [6, 6.07) is 5.67. The van der Waals surface area contributed by atoms with Crippen molar-refractivity contribution in [2.24, 2.45) is 0 Å². The van der Waals surface area contributed by atoms with Crippen LogP contribution in [0, 0.1) is 10.1 Å². The van der Waals surface area contributed by atoms with E-state index < -0.39 is 36.2 Å². The van der Waals surface area contributed by atoms with Crippen molar-refractivity contribution in [2.75, 3.05) is 27.4 Å². The highest BCUT2D eigenvalue weighted by atomic mass is 31.2. The summed E-state index contributed by atoms with van der Waals surface area (Å²) < 4.78 is 36.2. The van der Waals surface area contributed by atoms with Crippen LogP contribution in [0.5, 0.6) is 0 Å². The lowest BCUT2D eigenvalue weighted by molar-refractivity contribution is -0.384. The number of nitrogens with zero attached hydrogens (tertiary/aromatic N) is 2. The number of hydrogen-bond donors (Lipinski definition) is 0. The fraction of sp³-hybridized carbons (Fsp3) is 0.591. The second-order valence-electron chi connectivity index (χ2n) is 8.39. The van der Waals surface area contributed by atoms with Gasteiger partial charge in [0.2, 0.25) is 12.0 Å². The first-order chi connectivity index (χ1) is 16.4. The maximum absolute atomic E-state index is 13.7. The molecule has 2 atom stereocenters. The summed E-state index contributed by atoms with van der Waals surface area (Å²) in [6.45, 7) is 9.00. The number of hydroxylamine groups is 2. The van der Waals surface area contributed by atoms with Crippen LogP contribution in [0.15, 0.2) is 35.3 Å². The number of ether oxygens (including phenoxy) is 2. The van der Waals surface area contributed by atoms with Gasteiger partial charge < -0.3 is 18.5 Å². The standard InChI is InChI=1S/C22H33N2O10P/c1-8-31-24(32-9-2)21(25)19-20(35(28,29-6)30-7)17(14-18(33-19)34-22(3,4)5)15-10-12-16(13-11-15)23(26)27/h10-13,17-18H,8-9,14H2,1-7H3/t17-,18+/m0/s1. The SMILES string of the molecule is CCON(OCC)C(=O)C1=C(P(=O)(OC)OC)[C@H](c2ccc([N+](=O)[O-])cc2)C[C@@H](OC(C)(C)C)O1. The largest absolute Gasteiger partial charge is 0.458 e. The third kappa shape index (κ3) is 7.09. The topological polar surface area (TPSA) is 136 Å². The summed E-state index contributed by atoms with van der Waals surface area (Å²) in [5.74, 6) is -2.01. The van der Waals surface area contributed by atoms with E-state index in [1.165, 1.54) is 38.5 Å². The van der Waals surface area contributed by atoms with Gasteiger partial charge in [0.25, 0.3) is 5.69 Å². The molecule has 1 aliphatic rings. The fourth-order valence-corrected chi connectivity index (χ4v) is 5.09. The van der Waals surface area contributed by atoms with Crippen LogP contribution < -0.4 is 0 Å². The van der Waals surface area contributed by atoms with Crippen LogP contribution >= 0.6 is 7.60 Å². The highest BCUT2D eigenvalue weighted by molar-refractivity contribution is 7.58. The maximum atomic E-state index is 13.7. The predicted octanol–water partition coefficient (Wildman–Crippen LogP) is 4.67. The quantitative estimate of drug-likeness (QED) is 0.232. The molecule has 0 fully saturated rings. The van der Waals surface area contributed by atoms with E-state index in [1.54, 1.807) is 13.8 Å². The first-order valence-electron chi connectivity index (χ1n) is 11.1. The van der Waals surface area contributed by atoms with Gasteiger partial charge in [0, 0.05) is 38.7 Å². The number of nitro benzene ring substituents is 1. The monoisotopic (exact) mass is 516 g/mol. The smallest absolute Gasteiger partial charge is 0.361 e. The molecule has 13 heteroatoms. The molecule has 35 heavy (non-hydrogen) atoms. The number of allylic oxidation sites excluding steroid dienone is 1. The zero-order valence-corrected chi connectivity index (χ0v) is 21.9. The van der Waals surface area contributed by atoms with Crippen LogP contribution in [0.25, 0.3) is 0 Å². The minimum atomic E-state index is -4.07. The van der Waals surface area contributed by atoms with E-state index >= 15 is 0 Å². The fourth-order valence-electron chi connectivity index (χ4n) is 3.51. The molecule has 0 bridgehead atoms. The third-order valence-corrected chi connectivity index (χ3v) is 6.93. The molecule has 12 nitrogen and oxygen atoms in total. The molecule has 0 unspecified atom stereocenters. The Morgan fingerprint density at radius 1 is 1.14 bits per heavy atom. The molecule has 1 amide bonds. The molecule has 0 saturated heterocycles. The highest BCUT2D eigenvalue weighted by Gasteiger charge is 2.47. The van der Waals surface area contributed by atoms with E-state index in [0.29, 0.717) is 10.8 Å². The molecule has 1 aliphatic heterocycles. The summed E-state index contributed by atoms with van der Waals surface area (Å²) in [5, 5.41) is 11.7. The molecule has 1 aromatic carbocycles. The van der Waals surface area contributed by atoms with Gasteiger partial charge in [0.05, 0.1) is 29.1 Å². The first-order valence-corrected chi connectivity index (χ1v) is 12.6. The van der Waals surface area contributed by atoms with Crippen molar-refractivity contribution in [1.82, 2.24) is 5.23 Å². The Hall–Kier alpha value is -2.34. The number of carbonyl (C=O) groups is 1. The highest BCUT2D eigenvalue weighted by Crippen LogP contribution is 2.63. The molecule has 1 aromatic rings. The Morgan fingerprint density at radius 3 is 2.11 bits per heavy atom. The van der Waals surface area contributed by atoms with Crippen molar-refractivity contribution >= 4 is 19.2 Å². The van der Waals surface area contributed by atoms with E-state index in [2.05, 4.69) is 0 Å². The average Bonchev–Trinajstić information content (AvgIpc) is 2.81. The van der Waals surface area contributed by atoms with E-state index in [0.717, 1.165) is 0 Å². The number of benzene rings is 1. The van der Waals surface area contributed by atoms with Crippen molar-refractivity contribution in [2.45, 2.75) is 58.8 Å². The van der Waals surface area contributed by atoms with Gasteiger partial charge in [0.15, 0.2) is 0 Å². The van der Waals surface area contributed by atoms with Crippen molar-refractivity contribution in [3.8, 4) is 0 Å².